The highest BCUT2D eigenvalue weighted by molar-refractivity contribution is 9.10. The molecule has 0 radical (unpaired) electrons. The van der Waals surface area contributed by atoms with Crippen molar-refractivity contribution < 1.29 is 9.18 Å². The van der Waals surface area contributed by atoms with Gasteiger partial charge in [0.05, 0.1) is 0 Å². The largest absolute Gasteiger partial charge is 0.294 e. The van der Waals surface area contributed by atoms with Gasteiger partial charge in [0, 0.05) is 16.0 Å². The van der Waals surface area contributed by atoms with Gasteiger partial charge < -0.3 is 0 Å². The van der Waals surface area contributed by atoms with Gasteiger partial charge >= 0.3 is 0 Å². The molecule has 1 nitrogen and oxygen atoms in total. The molecule has 0 heterocycles. The zero-order valence-electron chi connectivity index (χ0n) is 10.1. The lowest BCUT2D eigenvalue weighted by Gasteiger charge is -2.04. The number of carbonyl (C=O) groups excluding carboxylic acids is 1. The molecule has 0 aromatic heterocycles. The van der Waals surface area contributed by atoms with Crippen LogP contribution in [0.15, 0.2) is 53.0 Å². The Morgan fingerprint density at radius 2 is 1.89 bits per heavy atom. The average Bonchev–Trinajstić information content (AvgIpc) is 3.22. The molecule has 0 aliphatic heterocycles. The van der Waals surface area contributed by atoms with Crippen LogP contribution in [-0.4, -0.2) is 5.78 Å². The van der Waals surface area contributed by atoms with Gasteiger partial charge in [0.25, 0.3) is 0 Å². The van der Waals surface area contributed by atoms with Gasteiger partial charge in [0.2, 0.25) is 0 Å². The molecule has 1 aliphatic rings. The first-order valence-corrected chi connectivity index (χ1v) is 7.00. The lowest BCUT2D eigenvalue weighted by molar-refractivity contribution is 0.0964. The summed E-state index contributed by atoms with van der Waals surface area (Å²) in [5, 5.41) is 0. The Balaban J connectivity index is 1.82. The van der Waals surface area contributed by atoms with Crippen molar-refractivity contribution in [1.29, 1.82) is 0 Å². The molecule has 0 N–H and O–H groups in total. The third kappa shape index (κ3) is 2.47. The molecular formula is C16H12BrFO. The van der Waals surface area contributed by atoms with Crippen LogP contribution < -0.4 is 0 Å². The van der Waals surface area contributed by atoms with Gasteiger partial charge in [-0.25, -0.2) is 4.39 Å². The van der Waals surface area contributed by atoms with E-state index < -0.39 is 0 Å². The van der Waals surface area contributed by atoms with Crippen LogP contribution >= 0.6 is 15.9 Å². The molecule has 96 valence electrons. The van der Waals surface area contributed by atoms with Crippen molar-refractivity contribution in [3.63, 3.8) is 0 Å². The van der Waals surface area contributed by atoms with Crippen LogP contribution in [0.4, 0.5) is 4.39 Å². The first-order chi connectivity index (χ1) is 9.16. The molecule has 0 bridgehead atoms. The summed E-state index contributed by atoms with van der Waals surface area (Å²) in [5.41, 5.74) is 1.64. The third-order valence-corrected chi connectivity index (χ3v) is 4.24. The van der Waals surface area contributed by atoms with Crippen LogP contribution in [0.1, 0.15) is 28.3 Å². The van der Waals surface area contributed by atoms with Crippen LogP contribution in [0, 0.1) is 11.7 Å². The van der Waals surface area contributed by atoms with E-state index in [-0.39, 0.29) is 23.4 Å². The van der Waals surface area contributed by atoms with Gasteiger partial charge in [-0.2, -0.15) is 0 Å². The standard InChI is InChI=1S/C16H12BrFO/c17-15-7-6-11(18)8-14(15)16(19)13-9-12(13)10-4-2-1-3-5-10/h1-8,12-13H,9H2. The van der Waals surface area contributed by atoms with E-state index in [1.807, 2.05) is 30.3 Å². The SMILES string of the molecule is O=C(c1cc(F)ccc1Br)C1CC1c1ccccc1. The van der Waals surface area contributed by atoms with E-state index in [9.17, 15) is 9.18 Å². The Hall–Kier alpha value is -1.48. The minimum absolute atomic E-state index is 0.0134. The van der Waals surface area contributed by atoms with Crippen LogP contribution in [0.5, 0.6) is 0 Å². The van der Waals surface area contributed by atoms with Gasteiger partial charge in [-0.15, -0.1) is 0 Å². The number of benzene rings is 2. The summed E-state index contributed by atoms with van der Waals surface area (Å²) in [7, 11) is 0. The number of halogens is 2. The smallest absolute Gasteiger partial charge is 0.167 e. The van der Waals surface area contributed by atoms with Gasteiger partial charge in [-0.3, -0.25) is 4.79 Å². The molecule has 0 amide bonds. The Labute approximate surface area is 119 Å². The van der Waals surface area contributed by atoms with E-state index in [0.29, 0.717) is 10.0 Å². The quantitative estimate of drug-likeness (QED) is 0.757. The normalized spacial score (nSPS) is 21.2. The van der Waals surface area contributed by atoms with Crippen LogP contribution in [0.3, 0.4) is 0 Å². The van der Waals surface area contributed by atoms with Crippen LogP contribution in [0.25, 0.3) is 0 Å². The monoisotopic (exact) mass is 318 g/mol. The van der Waals surface area contributed by atoms with Crippen LogP contribution in [0.2, 0.25) is 0 Å². The van der Waals surface area contributed by atoms with E-state index in [0.717, 1.165) is 6.42 Å². The molecule has 3 heteroatoms. The van der Waals surface area contributed by atoms with Crippen molar-refractivity contribution >= 4 is 21.7 Å². The highest BCUT2D eigenvalue weighted by Crippen LogP contribution is 2.49. The van der Waals surface area contributed by atoms with Crippen molar-refractivity contribution in [2.45, 2.75) is 12.3 Å². The van der Waals surface area contributed by atoms with Crippen molar-refractivity contribution in [1.82, 2.24) is 0 Å². The summed E-state index contributed by atoms with van der Waals surface area (Å²) >= 11 is 3.32. The number of ketones is 1. The number of carbonyl (C=O) groups is 1. The summed E-state index contributed by atoms with van der Waals surface area (Å²) in [6.45, 7) is 0. The molecule has 2 unspecified atom stereocenters. The predicted octanol–water partition coefficient (Wildman–Crippen LogP) is 4.57. The molecule has 19 heavy (non-hydrogen) atoms. The van der Waals surface area contributed by atoms with Gasteiger partial charge in [0.15, 0.2) is 5.78 Å². The topological polar surface area (TPSA) is 17.1 Å². The van der Waals surface area contributed by atoms with Crippen molar-refractivity contribution in [2.75, 3.05) is 0 Å². The van der Waals surface area contributed by atoms with Gasteiger partial charge in [-0.05, 0) is 36.1 Å². The Kier molecular flexibility index (Phi) is 3.23. The fraction of sp³-hybridized carbons (Fsp3) is 0.188. The maximum absolute atomic E-state index is 13.2. The van der Waals surface area contributed by atoms with Crippen molar-refractivity contribution in [3.05, 3.63) is 69.9 Å². The zero-order chi connectivity index (χ0) is 13.4. The molecular weight excluding hydrogens is 307 g/mol. The molecule has 1 saturated carbocycles. The van der Waals surface area contributed by atoms with Gasteiger partial charge in [-0.1, -0.05) is 46.3 Å². The minimum Gasteiger partial charge on any atom is -0.294 e. The molecule has 1 aliphatic carbocycles. The number of rotatable bonds is 3. The summed E-state index contributed by atoms with van der Waals surface area (Å²) in [4.78, 5) is 12.4. The lowest BCUT2D eigenvalue weighted by atomic mass is 10.0. The molecule has 3 rings (SSSR count). The second-order valence-electron chi connectivity index (χ2n) is 4.85. The van der Waals surface area contributed by atoms with Crippen molar-refractivity contribution in [2.24, 2.45) is 5.92 Å². The maximum atomic E-state index is 13.2. The maximum Gasteiger partial charge on any atom is 0.167 e. The van der Waals surface area contributed by atoms with E-state index in [1.54, 1.807) is 6.07 Å². The highest BCUT2D eigenvalue weighted by atomic mass is 79.9. The van der Waals surface area contributed by atoms with Crippen LogP contribution in [-0.2, 0) is 0 Å². The summed E-state index contributed by atoms with van der Waals surface area (Å²) < 4.78 is 13.9. The minimum atomic E-state index is -0.372. The fourth-order valence-electron chi connectivity index (χ4n) is 2.44. The molecule has 0 spiro atoms. The van der Waals surface area contributed by atoms with E-state index >= 15 is 0 Å². The first-order valence-electron chi connectivity index (χ1n) is 6.21. The highest BCUT2D eigenvalue weighted by Gasteiger charge is 2.44. The Bertz CT molecular complexity index is 624. The number of hydrogen-bond donors (Lipinski definition) is 0. The van der Waals surface area contributed by atoms with E-state index in [4.69, 9.17) is 0 Å². The first kappa shape index (κ1) is 12.5. The van der Waals surface area contributed by atoms with E-state index in [1.165, 1.54) is 17.7 Å². The second kappa shape index (κ2) is 4.89. The Morgan fingerprint density at radius 3 is 2.63 bits per heavy atom. The third-order valence-electron chi connectivity index (χ3n) is 3.55. The molecule has 0 saturated heterocycles. The second-order valence-corrected chi connectivity index (χ2v) is 5.70. The Morgan fingerprint density at radius 1 is 1.16 bits per heavy atom. The molecule has 2 aromatic carbocycles. The zero-order valence-corrected chi connectivity index (χ0v) is 11.7. The number of Topliss-reactive ketones (excluding diaryl/α,β-unsaturated/α-hetero) is 1. The lowest BCUT2D eigenvalue weighted by Crippen LogP contribution is -2.04. The predicted molar refractivity (Wildman–Crippen MR) is 75.7 cm³/mol. The average molecular weight is 319 g/mol. The molecule has 2 atom stereocenters. The van der Waals surface area contributed by atoms with Crippen molar-refractivity contribution in [3.8, 4) is 0 Å². The van der Waals surface area contributed by atoms with Gasteiger partial charge in [0.1, 0.15) is 5.82 Å². The summed E-state index contributed by atoms with van der Waals surface area (Å²) in [5.74, 6) is -0.0759. The molecule has 2 aromatic rings. The number of hydrogen-bond acceptors (Lipinski definition) is 1. The molecule has 1 fully saturated rings. The fourth-order valence-corrected chi connectivity index (χ4v) is 2.88. The summed E-state index contributed by atoms with van der Waals surface area (Å²) in [6.07, 6.45) is 0.853. The van der Waals surface area contributed by atoms with E-state index in [2.05, 4.69) is 15.9 Å². The summed E-state index contributed by atoms with van der Waals surface area (Å²) in [6, 6.07) is 14.3.